The fourth-order valence-electron chi connectivity index (χ4n) is 1.92. The standard InChI is InChI=1S/C16H13FN2OS2/c1-21-14-5-3-2-4-13(14)15-18-19-16(20-15)22-10-11-6-8-12(17)9-7-11/h2-9H,10H2,1H3. The fourth-order valence-corrected chi connectivity index (χ4v) is 3.23. The number of hydrogen-bond acceptors (Lipinski definition) is 5. The van der Waals surface area contributed by atoms with Gasteiger partial charge in [0.2, 0.25) is 5.89 Å². The van der Waals surface area contributed by atoms with Gasteiger partial charge in [0.1, 0.15) is 5.82 Å². The molecule has 0 aliphatic heterocycles. The fraction of sp³-hybridized carbons (Fsp3) is 0.125. The molecule has 6 heteroatoms. The highest BCUT2D eigenvalue weighted by atomic mass is 32.2. The van der Waals surface area contributed by atoms with Gasteiger partial charge in [-0.05, 0) is 36.1 Å². The Morgan fingerprint density at radius 2 is 1.82 bits per heavy atom. The maximum Gasteiger partial charge on any atom is 0.277 e. The van der Waals surface area contributed by atoms with Crippen LogP contribution in [0.1, 0.15) is 5.56 Å². The van der Waals surface area contributed by atoms with Crippen molar-refractivity contribution in [3.05, 3.63) is 59.9 Å². The molecule has 1 heterocycles. The quantitative estimate of drug-likeness (QED) is 0.622. The van der Waals surface area contributed by atoms with Crippen molar-refractivity contribution in [1.29, 1.82) is 0 Å². The van der Waals surface area contributed by atoms with Crippen LogP contribution in [0.15, 0.2) is 63.1 Å². The largest absolute Gasteiger partial charge is 0.411 e. The molecule has 0 fully saturated rings. The van der Waals surface area contributed by atoms with Crippen LogP contribution in [0.4, 0.5) is 4.39 Å². The van der Waals surface area contributed by atoms with Gasteiger partial charge < -0.3 is 4.42 Å². The number of hydrogen-bond donors (Lipinski definition) is 0. The van der Waals surface area contributed by atoms with Crippen LogP contribution in [0.25, 0.3) is 11.5 Å². The Morgan fingerprint density at radius 1 is 1.05 bits per heavy atom. The van der Waals surface area contributed by atoms with Crippen LogP contribution in [0, 0.1) is 5.82 Å². The molecule has 0 atom stereocenters. The Balaban J connectivity index is 1.72. The first kappa shape index (κ1) is 15.1. The first-order valence-electron chi connectivity index (χ1n) is 6.60. The molecular weight excluding hydrogens is 319 g/mol. The molecule has 0 N–H and O–H groups in total. The second kappa shape index (κ2) is 6.98. The highest BCUT2D eigenvalue weighted by Gasteiger charge is 2.12. The van der Waals surface area contributed by atoms with E-state index in [2.05, 4.69) is 10.2 Å². The third-order valence-electron chi connectivity index (χ3n) is 3.02. The molecule has 0 saturated carbocycles. The van der Waals surface area contributed by atoms with E-state index in [4.69, 9.17) is 4.42 Å². The molecule has 0 radical (unpaired) electrons. The smallest absolute Gasteiger partial charge is 0.277 e. The summed E-state index contributed by atoms with van der Waals surface area (Å²) in [6.07, 6.45) is 2.01. The summed E-state index contributed by atoms with van der Waals surface area (Å²) in [4.78, 5) is 1.10. The minimum absolute atomic E-state index is 0.234. The van der Waals surface area contributed by atoms with Crippen molar-refractivity contribution in [3.8, 4) is 11.5 Å². The van der Waals surface area contributed by atoms with Crippen LogP contribution < -0.4 is 0 Å². The number of nitrogens with zero attached hydrogens (tertiary/aromatic N) is 2. The van der Waals surface area contributed by atoms with Crippen LogP contribution >= 0.6 is 23.5 Å². The summed E-state index contributed by atoms with van der Waals surface area (Å²) in [5.74, 6) is 0.945. The average Bonchev–Trinajstić information content (AvgIpc) is 3.03. The SMILES string of the molecule is CSc1ccccc1-c1nnc(SCc2ccc(F)cc2)o1. The van der Waals surface area contributed by atoms with E-state index in [9.17, 15) is 4.39 Å². The van der Waals surface area contributed by atoms with Gasteiger partial charge in [-0.1, -0.05) is 36.0 Å². The second-order valence-electron chi connectivity index (χ2n) is 4.49. The summed E-state index contributed by atoms with van der Waals surface area (Å²) in [6, 6.07) is 14.3. The molecule has 3 rings (SSSR count). The second-order valence-corrected chi connectivity index (χ2v) is 6.26. The van der Waals surface area contributed by atoms with Crippen LogP contribution in [-0.4, -0.2) is 16.5 Å². The Hall–Kier alpha value is -1.79. The van der Waals surface area contributed by atoms with Gasteiger partial charge in [-0.2, -0.15) is 0 Å². The summed E-state index contributed by atoms with van der Waals surface area (Å²) in [5, 5.41) is 8.68. The summed E-state index contributed by atoms with van der Waals surface area (Å²) in [7, 11) is 0. The Kier molecular flexibility index (Phi) is 4.80. The molecule has 0 amide bonds. The van der Waals surface area contributed by atoms with E-state index < -0.39 is 0 Å². The van der Waals surface area contributed by atoms with Crippen molar-refractivity contribution in [3.63, 3.8) is 0 Å². The summed E-state index contributed by atoms with van der Waals surface area (Å²) in [6.45, 7) is 0. The van der Waals surface area contributed by atoms with Gasteiger partial charge in [0.25, 0.3) is 5.22 Å². The molecule has 112 valence electrons. The summed E-state index contributed by atoms with van der Waals surface area (Å²) >= 11 is 3.08. The molecule has 1 aromatic heterocycles. The summed E-state index contributed by atoms with van der Waals surface area (Å²) in [5.41, 5.74) is 1.95. The third kappa shape index (κ3) is 3.51. The zero-order valence-corrected chi connectivity index (χ0v) is 13.5. The van der Waals surface area contributed by atoms with Gasteiger partial charge in [0.05, 0.1) is 5.56 Å². The predicted molar refractivity (Wildman–Crippen MR) is 87.5 cm³/mol. The molecule has 22 heavy (non-hydrogen) atoms. The molecule has 3 aromatic rings. The molecule has 3 nitrogen and oxygen atoms in total. The minimum Gasteiger partial charge on any atom is -0.411 e. The van der Waals surface area contributed by atoms with Gasteiger partial charge in [-0.3, -0.25) is 0 Å². The van der Waals surface area contributed by atoms with E-state index >= 15 is 0 Å². The zero-order valence-electron chi connectivity index (χ0n) is 11.8. The van der Waals surface area contributed by atoms with Gasteiger partial charge in [-0.25, -0.2) is 4.39 Å². The van der Waals surface area contributed by atoms with Crippen LogP contribution in [-0.2, 0) is 5.75 Å². The van der Waals surface area contributed by atoms with Crippen LogP contribution in [0.2, 0.25) is 0 Å². The first-order chi connectivity index (χ1) is 10.8. The number of rotatable bonds is 5. The number of thioether (sulfide) groups is 2. The van der Waals surface area contributed by atoms with Crippen molar-refractivity contribution in [1.82, 2.24) is 10.2 Å². The highest BCUT2D eigenvalue weighted by Crippen LogP contribution is 2.31. The molecule has 0 aliphatic rings. The molecule has 0 unspecified atom stereocenters. The van der Waals surface area contributed by atoms with Gasteiger partial charge in [-0.15, -0.1) is 22.0 Å². The van der Waals surface area contributed by atoms with Crippen molar-refractivity contribution in [2.45, 2.75) is 15.9 Å². The van der Waals surface area contributed by atoms with Crippen molar-refractivity contribution in [2.75, 3.05) is 6.26 Å². The van der Waals surface area contributed by atoms with Crippen molar-refractivity contribution >= 4 is 23.5 Å². The topological polar surface area (TPSA) is 38.9 Å². The molecule has 2 aromatic carbocycles. The lowest BCUT2D eigenvalue weighted by atomic mass is 10.2. The number of benzene rings is 2. The molecule has 0 saturated heterocycles. The van der Waals surface area contributed by atoms with Gasteiger partial charge in [0, 0.05) is 10.6 Å². The van der Waals surface area contributed by atoms with Crippen LogP contribution in [0.3, 0.4) is 0 Å². The molecular formula is C16H13FN2OS2. The monoisotopic (exact) mass is 332 g/mol. The van der Waals surface area contributed by atoms with Crippen LogP contribution in [0.5, 0.6) is 0 Å². The lowest BCUT2D eigenvalue weighted by Gasteiger charge is -2.01. The Labute approximate surface area is 136 Å². The highest BCUT2D eigenvalue weighted by molar-refractivity contribution is 7.98. The average molecular weight is 332 g/mol. The van der Waals surface area contributed by atoms with E-state index in [0.717, 1.165) is 16.0 Å². The van der Waals surface area contributed by atoms with Gasteiger partial charge >= 0.3 is 0 Å². The number of halogens is 1. The third-order valence-corrected chi connectivity index (χ3v) is 4.70. The normalized spacial score (nSPS) is 10.8. The molecule has 0 spiro atoms. The maximum atomic E-state index is 12.9. The Morgan fingerprint density at radius 3 is 2.59 bits per heavy atom. The molecule has 0 bridgehead atoms. The predicted octanol–water partition coefficient (Wildman–Crippen LogP) is 4.89. The minimum atomic E-state index is -0.234. The zero-order chi connectivity index (χ0) is 15.4. The van der Waals surface area contributed by atoms with Gasteiger partial charge in [0.15, 0.2) is 0 Å². The van der Waals surface area contributed by atoms with E-state index in [1.165, 1.54) is 23.9 Å². The van der Waals surface area contributed by atoms with E-state index in [1.807, 2.05) is 30.5 Å². The summed E-state index contributed by atoms with van der Waals surface area (Å²) < 4.78 is 18.6. The van der Waals surface area contributed by atoms with Crippen molar-refractivity contribution in [2.24, 2.45) is 0 Å². The first-order valence-corrected chi connectivity index (χ1v) is 8.81. The van der Waals surface area contributed by atoms with E-state index in [0.29, 0.717) is 16.9 Å². The molecule has 0 aliphatic carbocycles. The van der Waals surface area contributed by atoms with E-state index in [-0.39, 0.29) is 5.82 Å². The van der Waals surface area contributed by atoms with E-state index in [1.54, 1.807) is 23.9 Å². The maximum absolute atomic E-state index is 12.9. The Bertz CT molecular complexity index is 759. The van der Waals surface area contributed by atoms with Crippen molar-refractivity contribution < 1.29 is 8.81 Å². The lowest BCUT2D eigenvalue weighted by molar-refractivity contribution is 0.465. The number of aromatic nitrogens is 2. The lowest BCUT2D eigenvalue weighted by Crippen LogP contribution is -1.81.